The lowest BCUT2D eigenvalue weighted by atomic mass is 10.1. The maximum atomic E-state index is 12.8. The van der Waals surface area contributed by atoms with E-state index in [0.717, 1.165) is 3.79 Å². The maximum Gasteiger partial charge on any atom is 0.257 e. The van der Waals surface area contributed by atoms with E-state index in [1.807, 2.05) is 13.0 Å². The topological polar surface area (TPSA) is 66.9 Å². The van der Waals surface area contributed by atoms with Gasteiger partial charge >= 0.3 is 0 Å². The van der Waals surface area contributed by atoms with Gasteiger partial charge < -0.3 is 9.64 Å². The first-order chi connectivity index (χ1) is 12.4. The van der Waals surface area contributed by atoms with Crippen molar-refractivity contribution >= 4 is 43.2 Å². The van der Waals surface area contributed by atoms with Crippen molar-refractivity contribution in [2.24, 2.45) is 0 Å². The van der Waals surface area contributed by atoms with Gasteiger partial charge in [-0.05, 0) is 47.1 Å². The van der Waals surface area contributed by atoms with Crippen LogP contribution in [0.1, 0.15) is 17.3 Å². The molecule has 1 aromatic carbocycles. The fourth-order valence-corrected chi connectivity index (χ4v) is 6.38. The summed E-state index contributed by atoms with van der Waals surface area (Å²) in [4.78, 5) is 14.5. The number of para-hydroxylation sites is 1. The van der Waals surface area contributed by atoms with E-state index in [1.165, 1.54) is 15.6 Å². The second-order valence-electron chi connectivity index (χ2n) is 5.68. The van der Waals surface area contributed by atoms with Crippen LogP contribution in [0.3, 0.4) is 0 Å². The Morgan fingerprint density at radius 1 is 1.15 bits per heavy atom. The van der Waals surface area contributed by atoms with Crippen molar-refractivity contribution in [1.82, 2.24) is 9.21 Å². The number of ether oxygens (including phenoxy) is 1. The molecule has 1 aromatic heterocycles. The van der Waals surface area contributed by atoms with Gasteiger partial charge in [0.25, 0.3) is 15.9 Å². The van der Waals surface area contributed by atoms with Crippen LogP contribution >= 0.6 is 27.3 Å². The van der Waals surface area contributed by atoms with Gasteiger partial charge in [-0.3, -0.25) is 4.79 Å². The smallest absolute Gasteiger partial charge is 0.257 e. The largest absolute Gasteiger partial charge is 0.493 e. The lowest BCUT2D eigenvalue weighted by molar-refractivity contribution is 0.0694. The number of piperazine rings is 1. The summed E-state index contributed by atoms with van der Waals surface area (Å²) in [6, 6.07) is 10.4. The Balaban J connectivity index is 1.70. The van der Waals surface area contributed by atoms with Crippen LogP contribution < -0.4 is 4.74 Å². The van der Waals surface area contributed by atoms with E-state index in [0.29, 0.717) is 35.2 Å². The summed E-state index contributed by atoms with van der Waals surface area (Å²) >= 11 is 4.48. The Bertz CT molecular complexity index is 890. The molecule has 26 heavy (non-hydrogen) atoms. The highest BCUT2D eigenvalue weighted by atomic mass is 79.9. The van der Waals surface area contributed by atoms with Crippen LogP contribution in [0, 0.1) is 0 Å². The van der Waals surface area contributed by atoms with Crippen molar-refractivity contribution in [1.29, 1.82) is 0 Å². The van der Waals surface area contributed by atoms with Crippen LogP contribution in [-0.2, 0) is 10.0 Å². The molecule has 0 saturated carbocycles. The van der Waals surface area contributed by atoms with Gasteiger partial charge in [0.2, 0.25) is 0 Å². The zero-order valence-corrected chi connectivity index (χ0v) is 17.4. The Morgan fingerprint density at radius 3 is 2.46 bits per heavy atom. The molecule has 2 aromatic rings. The summed E-state index contributed by atoms with van der Waals surface area (Å²) in [5.74, 6) is 0.420. The molecule has 140 valence electrons. The Labute approximate surface area is 165 Å². The van der Waals surface area contributed by atoms with Gasteiger partial charge in [0.05, 0.1) is 16.0 Å². The number of sulfonamides is 1. The number of nitrogens with zero attached hydrogens (tertiary/aromatic N) is 2. The summed E-state index contributed by atoms with van der Waals surface area (Å²) in [6.07, 6.45) is 0. The average Bonchev–Trinajstić information content (AvgIpc) is 3.09. The minimum Gasteiger partial charge on any atom is -0.493 e. The van der Waals surface area contributed by atoms with Crippen molar-refractivity contribution in [3.8, 4) is 5.75 Å². The molecule has 3 rings (SSSR count). The molecule has 1 fully saturated rings. The molecular weight excluding hydrogens is 440 g/mol. The summed E-state index contributed by atoms with van der Waals surface area (Å²) in [5, 5.41) is 0. The number of amides is 1. The van der Waals surface area contributed by atoms with Crippen LogP contribution in [0.5, 0.6) is 5.75 Å². The molecule has 0 spiro atoms. The van der Waals surface area contributed by atoms with Crippen molar-refractivity contribution in [2.75, 3.05) is 32.8 Å². The number of thiophene rings is 1. The third-order valence-corrected chi connectivity index (χ3v) is 8.08. The highest BCUT2D eigenvalue weighted by molar-refractivity contribution is 9.11. The highest BCUT2D eigenvalue weighted by Crippen LogP contribution is 2.29. The monoisotopic (exact) mass is 458 g/mol. The van der Waals surface area contributed by atoms with Crippen LogP contribution in [-0.4, -0.2) is 56.3 Å². The summed E-state index contributed by atoms with van der Waals surface area (Å²) < 4.78 is 33.4. The molecule has 1 aliphatic rings. The number of hydrogen-bond acceptors (Lipinski definition) is 5. The summed E-state index contributed by atoms with van der Waals surface area (Å²) in [7, 11) is -3.51. The van der Waals surface area contributed by atoms with E-state index in [9.17, 15) is 13.2 Å². The van der Waals surface area contributed by atoms with Crippen molar-refractivity contribution in [2.45, 2.75) is 11.1 Å². The number of benzene rings is 1. The molecule has 0 radical (unpaired) electrons. The van der Waals surface area contributed by atoms with Gasteiger partial charge in [-0.2, -0.15) is 4.31 Å². The second-order valence-corrected chi connectivity index (χ2v) is 10.3. The van der Waals surface area contributed by atoms with Crippen molar-refractivity contribution in [3.05, 3.63) is 45.7 Å². The molecule has 0 N–H and O–H groups in total. The first kappa shape index (κ1) is 19.3. The van der Waals surface area contributed by atoms with E-state index in [2.05, 4.69) is 15.9 Å². The van der Waals surface area contributed by atoms with E-state index in [-0.39, 0.29) is 19.0 Å². The molecule has 0 bridgehead atoms. The lowest BCUT2D eigenvalue weighted by Crippen LogP contribution is -2.50. The third-order valence-electron chi connectivity index (χ3n) is 4.09. The maximum absolute atomic E-state index is 12.8. The normalized spacial score (nSPS) is 15.8. The molecule has 0 aliphatic carbocycles. The van der Waals surface area contributed by atoms with Gasteiger partial charge in [-0.1, -0.05) is 12.1 Å². The predicted octanol–water partition coefficient (Wildman–Crippen LogP) is 3.06. The molecular formula is C17H19BrN2O4S2. The van der Waals surface area contributed by atoms with E-state index in [4.69, 9.17) is 4.74 Å². The second kappa shape index (κ2) is 8.08. The zero-order chi connectivity index (χ0) is 18.7. The molecule has 1 saturated heterocycles. The highest BCUT2D eigenvalue weighted by Gasteiger charge is 2.32. The van der Waals surface area contributed by atoms with Crippen molar-refractivity contribution < 1.29 is 17.9 Å². The number of rotatable bonds is 5. The number of hydrogen-bond donors (Lipinski definition) is 0. The van der Waals surface area contributed by atoms with Crippen LogP contribution in [0.15, 0.2) is 44.4 Å². The van der Waals surface area contributed by atoms with Crippen LogP contribution in [0.25, 0.3) is 0 Å². The van der Waals surface area contributed by atoms with Gasteiger partial charge in [0.15, 0.2) is 0 Å². The minimum atomic E-state index is -3.51. The van der Waals surface area contributed by atoms with Crippen LogP contribution in [0.4, 0.5) is 0 Å². The Kier molecular flexibility index (Phi) is 6.01. The number of halogens is 1. The fourth-order valence-electron chi connectivity index (χ4n) is 2.79. The summed E-state index contributed by atoms with van der Waals surface area (Å²) in [6.45, 7) is 3.61. The van der Waals surface area contributed by atoms with E-state index in [1.54, 1.807) is 35.2 Å². The van der Waals surface area contributed by atoms with Gasteiger partial charge in [0.1, 0.15) is 9.96 Å². The molecule has 1 aliphatic heterocycles. The Morgan fingerprint density at radius 2 is 1.85 bits per heavy atom. The molecule has 9 heteroatoms. The quantitative estimate of drug-likeness (QED) is 0.690. The molecule has 1 amide bonds. The zero-order valence-electron chi connectivity index (χ0n) is 14.2. The molecule has 2 heterocycles. The average molecular weight is 459 g/mol. The van der Waals surface area contributed by atoms with Crippen molar-refractivity contribution in [3.63, 3.8) is 0 Å². The summed E-state index contributed by atoms with van der Waals surface area (Å²) in [5.41, 5.74) is 0.507. The first-order valence-electron chi connectivity index (χ1n) is 8.20. The van der Waals surface area contributed by atoms with E-state index < -0.39 is 10.0 Å². The fraction of sp³-hybridized carbons (Fsp3) is 0.353. The van der Waals surface area contributed by atoms with Gasteiger partial charge in [-0.15, -0.1) is 11.3 Å². The first-order valence-corrected chi connectivity index (χ1v) is 11.2. The SMILES string of the molecule is CCOc1ccccc1C(=O)N1CCN(S(=O)(=O)c2ccc(Br)s2)CC1. The third kappa shape index (κ3) is 3.95. The number of carbonyl (C=O) groups excluding carboxylic acids is 1. The molecule has 0 atom stereocenters. The Hall–Kier alpha value is -1.42. The van der Waals surface area contributed by atoms with Gasteiger partial charge in [-0.25, -0.2) is 8.42 Å². The predicted molar refractivity (Wildman–Crippen MR) is 104 cm³/mol. The molecule has 0 unspecified atom stereocenters. The number of carbonyl (C=O) groups is 1. The standard InChI is InChI=1S/C17H19BrN2O4S2/c1-2-24-14-6-4-3-5-13(14)17(21)19-9-11-20(12-10-19)26(22,23)16-8-7-15(18)25-16/h3-8H,2,9-12H2,1H3. The minimum absolute atomic E-state index is 0.134. The molecule has 6 nitrogen and oxygen atoms in total. The van der Waals surface area contributed by atoms with Gasteiger partial charge in [0, 0.05) is 26.2 Å². The van der Waals surface area contributed by atoms with E-state index >= 15 is 0 Å². The van der Waals surface area contributed by atoms with Crippen LogP contribution in [0.2, 0.25) is 0 Å². The lowest BCUT2D eigenvalue weighted by Gasteiger charge is -2.34.